The summed E-state index contributed by atoms with van der Waals surface area (Å²) in [7, 11) is -3.73. The molecule has 0 aliphatic heterocycles. The van der Waals surface area contributed by atoms with Gasteiger partial charge in [-0.2, -0.15) is 0 Å². The van der Waals surface area contributed by atoms with Gasteiger partial charge in [0, 0.05) is 24.7 Å². The number of rotatable bonds is 8. The predicted molar refractivity (Wildman–Crippen MR) is 111 cm³/mol. The lowest BCUT2D eigenvalue weighted by Gasteiger charge is -2.09. The summed E-state index contributed by atoms with van der Waals surface area (Å²) in [5.41, 5.74) is 1.79. The molecule has 2 amide bonds. The molecule has 0 unspecified atom stereocenters. The van der Waals surface area contributed by atoms with Crippen LogP contribution in [0, 0.1) is 0 Å². The number of sulfonamides is 1. The number of carbonyl (C=O) groups is 2. The van der Waals surface area contributed by atoms with Crippen molar-refractivity contribution in [3.8, 4) is 0 Å². The van der Waals surface area contributed by atoms with Gasteiger partial charge in [-0.15, -0.1) is 0 Å². The Hall–Kier alpha value is -3.43. The van der Waals surface area contributed by atoms with Crippen LogP contribution in [0.4, 0.5) is 5.69 Å². The fourth-order valence-electron chi connectivity index (χ4n) is 2.69. The smallest absolute Gasteiger partial charge is 0.251 e. The molecule has 0 saturated heterocycles. The number of nitrogens with one attached hydrogen (secondary N) is 3. The molecule has 0 radical (unpaired) electrons. The Kier molecular flexibility index (Phi) is 6.65. The minimum Gasteiger partial charge on any atom is -0.468 e. The van der Waals surface area contributed by atoms with Crippen LogP contribution in [0.15, 0.2) is 76.2 Å². The van der Waals surface area contributed by atoms with E-state index < -0.39 is 10.0 Å². The van der Waals surface area contributed by atoms with Crippen molar-refractivity contribution in [1.82, 2.24) is 10.0 Å². The molecule has 0 spiro atoms. The van der Waals surface area contributed by atoms with Gasteiger partial charge in [-0.05, 0) is 54.1 Å². The quantitative estimate of drug-likeness (QED) is 0.511. The van der Waals surface area contributed by atoms with Gasteiger partial charge in [-0.1, -0.05) is 12.1 Å². The molecular formula is C21H21N3O5S. The van der Waals surface area contributed by atoms with E-state index in [-0.39, 0.29) is 29.8 Å². The average molecular weight is 427 g/mol. The number of hydrogen-bond acceptors (Lipinski definition) is 5. The van der Waals surface area contributed by atoms with Crippen LogP contribution in [0.5, 0.6) is 0 Å². The third-order valence-corrected chi connectivity index (χ3v) is 5.56. The molecule has 0 atom stereocenters. The molecule has 8 nitrogen and oxygen atoms in total. The van der Waals surface area contributed by atoms with Crippen LogP contribution in [0.2, 0.25) is 0 Å². The Bertz CT molecular complexity index is 1120. The maximum atomic E-state index is 12.4. The molecule has 1 heterocycles. The molecule has 3 rings (SSSR count). The lowest BCUT2D eigenvalue weighted by Crippen LogP contribution is -2.24. The highest BCUT2D eigenvalue weighted by atomic mass is 32.2. The van der Waals surface area contributed by atoms with Crippen molar-refractivity contribution in [2.24, 2.45) is 0 Å². The van der Waals surface area contributed by atoms with E-state index in [2.05, 4.69) is 15.4 Å². The van der Waals surface area contributed by atoms with Gasteiger partial charge in [0.2, 0.25) is 15.9 Å². The fourth-order valence-corrected chi connectivity index (χ4v) is 3.69. The molecule has 0 fully saturated rings. The van der Waals surface area contributed by atoms with Gasteiger partial charge in [0.05, 0.1) is 17.7 Å². The molecule has 0 saturated carbocycles. The summed E-state index contributed by atoms with van der Waals surface area (Å²) in [6.45, 7) is 1.72. The standard InChI is InChI=1S/C21H21N3O5S/c1-15(25)24-18-5-2-4-16(12-18)13-22-21(26)17-7-9-20(10-8-17)30(27,28)23-14-19-6-3-11-29-19/h2-12,23H,13-14H2,1H3,(H,22,26)(H,24,25). The second-order valence-electron chi connectivity index (χ2n) is 6.49. The Morgan fingerprint density at radius 3 is 2.40 bits per heavy atom. The molecule has 0 aliphatic carbocycles. The lowest BCUT2D eigenvalue weighted by molar-refractivity contribution is -0.114. The topological polar surface area (TPSA) is 118 Å². The van der Waals surface area contributed by atoms with Crippen molar-refractivity contribution in [1.29, 1.82) is 0 Å². The zero-order valence-corrected chi connectivity index (χ0v) is 17.0. The van der Waals surface area contributed by atoms with Crippen molar-refractivity contribution in [2.45, 2.75) is 24.9 Å². The van der Waals surface area contributed by atoms with E-state index in [4.69, 9.17) is 4.42 Å². The average Bonchev–Trinajstić information content (AvgIpc) is 3.24. The second kappa shape index (κ2) is 9.38. The summed E-state index contributed by atoms with van der Waals surface area (Å²) >= 11 is 0. The Balaban J connectivity index is 1.59. The van der Waals surface area contributed by atoms with Crippen molar-refractivity contribution >= 4 is 27.5 Å². The van der Waals surface area contributed by atoms with Crippen molar-refractivity contribution < 1.29 is 22.4 Å². The van der Waals surface area contributed by atoms with Gasteiger partial charge in [-0.25, -0.2) is 13.1 Å². The van der Waals surface area contributed by atoms with E-state index in [9.17, 15) is 18.0 Å². The summed E-state index contributed by atoms with van der Waals surface area (Å²) in [6, 6.07) is 16.1. The Morgan fingerprint density at radius 2 is 1.73 bits per heavy atom. The first-order chi connectivity index (χ1) is 14.3. The Labute approximate surface area is 174 Å². The van der Waals surface area contributed by atoms with E-state index in [1.165, 1.54) is 37.5 Å². The summed E-state index contributed by atoms with van der Waals surface area (Å²) < 4.78 is 32.2. The van der Waals surface area contributed by atoms with E-state index in [0.29, 0.717) is 17.0 Å². The second-order valence-corrected chi connectivity index (χ2v) is 8.26. The maximum absolute atomic E-state index is 12.4. The van der Waals surface area contributed by atoms with Crippen LogP contribution in [0.1, 0.15) is 28.6 Å². The SMILES string of the molecule is CC(=O)Nc1cccc(CNC(=O)c2ccc(S(=O)(=O)NCc3ccco3)cc2)c1. The molecule has 30 heavy (non-hydrogen) atoms. The minimum absolute atomic E-state index is 0.0368. The summed E-state index contributed by atoms with van der Waals surface area (Å²) in [6.07, 6.45) is 1.47. The third kappa shape index (κ3) is 5.79. The Morgan fingerprint density at radius 1 is 0.967 bits per heavy atom. The number of amides is 2. The predicted octanol–water partition coefficient (Wildman–Crippen LogP) is 2.65. The van der Waals surface area contributed by atoms with Crippen LogP contribution in [0.25, 0.3) is 0 Å². The molecular weight excluding hydrogens is 406 g/mol. The molecule has 0 aliphatic rings. The van der Waals surface area contributed by atoms with Crippen molar-refractivity contribution in [3.05, 3.63) is 83.8 Å². The molecule has 3 N–H and O–H groups in total. The summed E-state index contributed by atoms with van der Waals surface area (Å²) in [4.78, 5) is 23.6. The van der Waals surface area contributed by atoms with Crippen molar-refractivity contribution in [3.63, 3.8) is 0 Å². The van der Waals surface area contributed by atoms with Crippen LogP contribution >= 0.6 is 0 Å². The lowest BCUT2D eigenvalue weighted by atomic mass is 10.1. The molecule has 9 heteroatoms. The van der Waals surface area contributed by atoms with Gasteiger partial charge in [-0.3, -0.25) is 9.59 Å². The molecule has 1 aromatic heterocycles. The van der Waals surface area contributed by atoms with E-state index in [1.807, 2.05) is 6.07 Å². The van der Waals surface area contributed by atoms with Crippen LogP contribution in [0.3, 0.4) is 0 Å². The van der Waals surface area contributed by atoms with Gasteiger partial charge >= 0.3 is 0 Å². The number of hydrogen-bond donors (Lipinski definition) is 3. The third-order valence-electron chi connectivity index (χ3n) is 4.14. The van der Waals surface area contributed by atoms with Gasteiger partial charge in [0.25, 0.3) is 5.91 Å². The normalized spacial score (nSPS) is 11.1. The monoisotopic (exact) mass is 427 g/mol. The van der Waals surface area contributed by atoms with E-state index >= 15 is 0 Å². The first-order valence-corrected chi connectivity index (χ1v) is 10.6. The zero-order valence-electron chi connectivity index (χ0n) is 16.2. The number of anilines is 1. The highest BCUT2D eigenvalue weighted by molar-refractivity contribution is 7.89. The van der Waals surface area contributed by atoms with Crippen LogP contribution < -0.4 is 15.4 Å². The van der Waals surface area contributed by atoms with E-state index in [0.717, 1.165) is 5.56 Å². The molecule has 0 bridgehead atoms. The maximum Gasteiger partial charge on any atom is 0.251 e. The first kappa shape index (κ1) is 21.3. The summed E-state index contributed by atoms with van der Waals surface area (Å²) in [5, 5.41) is 5.45. The summed E-state index contributed by atoms with van der Waals surface area (Å²) in [5.74, 6) is -0.0190. The van der Waals surface area contributed by atoms with Crippen LogP contribution in [-0.4, -0.2) is 20.2 Å². The number of benzene rings is 2. The highest BCUT2D eigenvalue weighted by Crippen LogP contribution is 2.13. The fraction of sp³-hybridized carbons (Fsp3) is 0.143. The van der Waals surface area contributed by atoms with Gasteiger partial charge in [0.1, 0.15) is 5.76 Å². The van der Waals surface area contributed by atoms with Gasteiger partial charge < -0.3 is 15.1 Å². The highest BCUT2D eigenvalue weighted by Gasteiger charge is 2.15. The van der Waals surface area contributed by atoms with Gasteiger partial charge in [0.15, 0.2) is 0 Å². The minimum atomic E-state index is -3.73. The number of furan rings is 1. The first-order valence-electron chi connectivity index (χ1n) is 9.10. The van der Waals surface area contributed by atoms with Crippen LogP contribution in [-0.2, 0) is 27.9 Å². The number of carbonyl (C=O) groups excluding carboxylic acids is 2. The largest absolute Gasteiger partial charge is 0.468 e. The molecule has 156 valence electrons. The van der Waals surface area contributed by atoms with Crippen molar-refractivity contribution in [2.75, 3.05) is 5.32 Å². The zero-order chi connectivity index (χ0) is 21.6. The molecule has 2 aromatic carbocycles. The molecule has 3 aromatic rings. The van der Waals surface area contributed by atoms with E-state index in [1.54, 1.807) is 30.3 Å².